The topological polar surface area (TPSA) is 46.3 Å². The minimum atomic E-state index is -0.709. The second-order valence-electron chi connectivity index (χ2n) is 4.56. The van der Waals surface area contributed by atoms with Crippen molar-refractivity contribution in [3.8, 4) is 0 Å². The molecule has 1 aromatic carbocycles. The number of hydrogen-bond donors (Lipinski definition) is 1. The molecule has 1 amide bonds. The number of hydrogen-bond acceptors (Lipinski definition) is 2. The zero-order valence-electron chi connectivity index (χ0n) is 10.2. The van der Waals surface area contributed by atoms with Crippen LogP contribution in [0.4, 0.5) is 8.78 Å². The molecule has 0 radical (unpaired) electrons. The van der Waals surface area contributed by atoms with Crippen LogP contribution in [0, 0.1) is 11.6 Å². The smallest absolute Gasteiger partial charge is 0.227 e. The fourth-order valence-corrected chi connectivity index (χ4v) is 2.54. The number of thiocarbonyl (C=S) groups is 1. The van der Waals surface area contributed by atoms with Crippen molar-refractivity contribution in [3.05, 3.63) is 35.4 Å². The number of benzene rings is 1. The molecule has 0 aromatic heterocycles. The summed E-state index contributed by atoms with van der Waals surface area (Å²) >= 11 is 4.92. The molecule has 1 aromatic rings. The molecule has 1 fully saturated rings. The van der Waals surface area contributed by atoms with Gasteiger partial charge in [-0.3, -0.25) is 4.79 Å². The Kier molecular flexibility index (Phi) is 4.09. The van der Waals surface area contributed by atoms with Gasteiger partial charge in [0.2, 0.25) is 5.91 Å². The summed E-state index contributed by atoms with van der Waals surface area (Å²) in [6.45, 7) is 0.573. The van der Waals surface area contributed by atoms with Crippen LogP contribution in [0.15, 0.2) is 18.2 Å². The van der Waals surface area contributed by atoms with Crippen molar-refractivity contribution >= 4 is 23.1 Å². The SMILES string of the molecule is NC(=S)C1CCCN1C(=O)Cc1ccc(F)cc1F. The Hall–Kier alpha value is -1.56. The predicted octanol–water partition coefficient (Wildman–Crippen LogP) is 1.78. The summed E-state index contributed by atoms with van der Waals surface area (Å²) < 4.78 is 26.3. The van der Waals surface area contributed by atoms with Crippen molar-refractivity contribution in [1.82, 2.24) is 4.90 Å². The number of amides is 1. The zero-order chi connectivity index (χ0) is 14.0. The number of rotatable bonds is 3. The zero-order valence-corrected chi connectivity index (χ0v) is 11.1. The van der Waals surface area contributed by atoms with Gasteiger partial charge < -0.3 is 10.6 Å². The van der Waals surface area contributed by atoms with Crippen molar-refractivity contribution in [2.24, 2.45) is 5.73 Å². The minimum Gasteiger partial charge on any atom is -0.392 e. The average Bonchev–Trinajstić information content (AvgIpc) is 2.82. The number of halogens is 2. The van der Waals surface area contributed by atoms with E-state index in [1.165, 1.54) is 6.07 Å². The maximum Gasteiger partial charge on any atom is 0.227 e. The highest BCUT2D eigenvalue weighted by molar-refractivity contribution is 7.80. The highest BCUT2D eigenvalue weighted by Gasteiger charge is 2.30. The largest absolute Gasteiger partial charge is 0.392 e. The summed E-state index contributed by atoms with van der Waals surface area (Å²) in [5.41, 5.74) is 5.76. The van der Waals surface area contributed by atoms with E-state index >= 15 is 0 Å². The van der Waals surface area contributed by atoms with E-state index in [9.17, 15) is 13.6 Å². The van der Waals surface area contributed by atoms with Gasteiger partial charge in [-0.15, -0.1) is 0 Å². The van der Waals surface area contributed by atoms with E-state index in [0.29, 0.717) is 6.54 Å². The van der Waals surface area contributed by atoms with Crippen molar-refractivity contribution in [3.63, 3.8) is 0 Å². The fourth-order valence-electron chi connectivity index (χ4n) is 2.29. The Morgan fingerprint density at radius 1 is 1.47 bits per heavy atom. The van der Waals surface area contributed by atoms with Gasteiger partial charge in [0.15, 0.2) is 0 Å². The molecule has 6 heteroatoms. The third-order valence-electron chi connectivity index (χ3n) is 3.26. The van der Waals surface area contributed by atoms with Gasteiger partial charge in [0.25, 0.3) is 0 Å². The molecule has 102 valence electrons. The Labute approximate surface area is 115 Å². The Balaban J connectivity index is 2.10. The van der Waals surface area contributed by atoms with Gasteiger partial charge in [0.05, 0.1) is 17.5 Å². The van der Waals surface area contributed by atoms with E-state index in [1.807, 2.05) is 0 Å². The van der Waals surface area contributed by atoms with Crippen LogP contribution in [-0.2, 0) is 11.2 Å². The third kappa shape index (κ3) is 3.07. The highest BCUT2D eigenvalue weighted by atomic mass is 32.1. The van der Waals surface area contributed by atoms with Gasteiger partial charge in [-0.25, -0.2) is 8.78 Å². The lowest BCUT2D eigenvalue weighted by molar-refractivity contribution is -0.130. The molecule has 2 N–H and O–H groups in total. The number of nitrogens with two attached hydrogens (primary N) is 1. The molecule has 0 spiro atoms. The first kappa shape index (κ1) is 13.9. The fraction of sp³-hybridized carbons (Fsp3) is 0.385. The van der Waals surface area contributed by atoms with Crippen LogP contribution in [0.25, 0.3) is 0 Å². The maximum atomic E-state index is 13.5. The molecule has 1 aliphatic heterocycles. The molecule has 1 aliphatic rings. The third-order valence-corrected chi connectivity index (χ3v) is 3.53. The lowest BCUT2D eigenvalue weighted by Gasteiger charge is -2.23. The number of carbonyl (C=O) groups excluding carboxylic acids is 1. The summed E-state index contributed by atoms with van der Waals surface area (Å²) in [6.07, 6.45) is 1.47. The Morgan fingerprint density at radius 2 is 2.21 bits per heavy atom. The molecule has 3 nitrogen and oxygen atoms in total. The second-order valence-corrected chi connectivity index (χ2v) is 5.03. The van der Waals surface area contributed by atoms with E-state index in [-0.39, 0.29) is 28.9 Å². The van der Waals surface area contributed by atoms with Gasteiger partial charge in [-0.1, -0.05) is 18.3 Å². The van der Waals surface area contributed by atoms with Gasteiger partial charge in [-0.05, 0) is 24.5 Å². The second kappa shape index (κ2) is 5.61. The van der Waals surface area contributed by atoms with Crippen molar-refractivity contribution in [1.29, 1.82) is 0 Å². The molecule has 0 aliphatic carbocycles. The van der Waals surface area contributed by atoms with Crippen molar-refractivity contribution in [2.45, 2.75) is 25.3 Å². The molecule has 1 saturated heterocycles. The van der Waals surface area contributed by atoms with Crippen LogP contribution in [0.3, 0.4) is 0 Å². The monoisotopic (exact) mass is 284 g/mol. The van der Waals surface area contributed by atoms with E-state index in [2.05, 4.69) is 0 Å². The minimum absolute atomic E-state index is 0.106. The summed E-state index contributed by atoms with van der Waals surface area (Å²) in [6, 6.07) is 2.96. The van der Waals surface area contributed by atoms with Crippen molar-refractivity contribution in [2.75, 3.05) is 6.54 Å². The van der Waals surface area contributed by atoms with Gasteiger partial charge in [-0.2, -0.15) is 0 Å². The first-order chi connectivity index (χ1) is 8.99. The summed E-state index contributed by atoms with van der Waals surface area (Å²) in [7, 11) is 0. The standard InChI is InChI=1S/C13H14F2N2OS/c14-9-4-3-8(10(15)7-9)6-12(18)17-5-1-2-11(17)13(16)19/h3-4,7,11H,1-2,5-6H2,(H2,16,19). The van der Waals surface area contributed by atoms with Crippen LogP contribution < -0.4 is 5.73 Å². The summed E-state index contributed by atoms with van der Waals surface area (Å²) in [4.78, 5) is 14.0. The molecule has 1 unspecified atom stereocenters. The highest BCUT2D eigenvalue weighted by Crippen LogP contribution is 2.20. The van der Waals surface area contributed by atoms with Crippen LogP contribution >= 0.6 is 12.2 Å². The normalized spacial score (nSPS) is 18.6. The van der Waals surface area contributed by atoms with Crippen LogP contribution in [0.1, 0.15) is 18.4 Å². The van der Waals surface area contributed by atoms with E-state index in [0.717, 1.165) is 25.0 Å². The molecular weight excluding hydrogens is 270 g/mol. The summed E-state index contributed by atoms with van der Waals surface area (Å²) in [5.74, 6) is -1.60. The lowest BCUT2D eigenvalue weighted by Crippen LogP contribution is -2.43. The van der Waals surface area contributed by atoms with Gasteiger partial charge >= 0.3 is 0 Å². The van der Waals surface area contributed by atoms with E-state index in [4.69, 9.17) is 18.0 Å². The average molecular weight is 284 g/mol. The molecule has 19 heavy (non-hydrogen) atoms. The van der Waals surface area contributed by atoms with E-state index in [1.54, 1.807) is 4.90 Å². The number of carbonyl (C=O) groups is 1. The molecule has 2 rings (SSSR count). The summed E-state index contributed by atoms with van der Waals surface area (Å²) in [5, 5.41) is 0. The van der Waals surface area contributed by atoms with Crippen LogP contribution in [0.5, 0.6) is 0 Å². The molecule has 0 bridgehead atoms. The van der Waals surface area contributed by atoms with Crippen LogP contribution in [-0.4, -0.2) is 28.4 Å². The lowest BCUT2D eigenvalue weighted by atomic mass is 10.1. The molecular formula is C13H14F2N2OS. The van der Waals surface area contributed by atoms with Gasteiger partial charge in [0.1, 0.15) is 11.6 Å². The number of likely N-dealkylation sites (tertiary alicyclic amines) is 1. The first-order valence-corrected chi connectivity index (χ1v) is 6.42. The molecule has 1 atom stereocenters. The molecule has 1 heterocycles. The van der Waals surface area contributed by atoms with Crippen molar-refractivity contribution < 1.29 is 13.6 Å². The van der Waals surface area contributed by atoms with Gasteiger partial charge in [0, 0.05) is 12.6 Å². The predicted molar refractivity (Wildman–Crippen MR) is 71.6 cm³/mol. The maximum absolute atomic E-state index is 13.5. The number of nitrogens with zero attached hydrogens (tertiary/aromatic N) is 1. The Bertz CT molecular complexity index is 521. The van der Waals surface area contributed by atoms with Crippen LogP contribution in [0.2, 0.25) is 0 Å². The molecule has 0 saturated carbocycles. The Morgan fingerprint density at radius 3 is 2.84 bits per heavy atom. The quantitative estimate of drug-likeness (QED) is 0.861. The van der Waals surface area contributed by atoms with E-state index < -0.39 is 11.6 Å². The first-order valence-electron chi connectivity index (χ1n) is 6.01.